The van der Waals surface area contributed by atoms with Crippen LogP contribution in [0.2, 0.25) is 0 Å². The van der Waals surface area contributed by atoms with Gasteiger partial charge in [0.05, 0.1) is 0 Å². The van der Waals surface area contributed by atoms with Crippen molar-refractivity contribution in [3.05, 3.63) is 46.6 Å². The van der Waals surface area contributed by atoms with Crippen molar-refractivity contribution < 1.29 is 4.39 Å². The molecular formula is C12H12FNS. The molecule has 15 heavy (non-hydrogen) atoms. The Hall–Kier alpha value is -1.19. The van der Waals surface area contributed by atoms with Crippen LogP contribution >= 0.6 is 11.3 Å². The van der Waals surface area contributed by atoms with Gasteiger partial charge in [0.2, 0.25) is 0 Å². The molecule has 2 aromatic rings. The van der Waals surface area contributed by atoms with E-state index in [0.29, 0.717) is 12.1 Å². The van der Waals surface area contributed by atoms with Gasteiger partial charge in [0, 0.05) is 21.9 Å². The smallest absolute Gasteiger partial charge is 0.131 e. The molecule has 0 unspecified atom stereocenters. The molecule has 0 bridgehead atoms. The Bertz CT molecular complexity index is 476. The molecule has 0 aliphatic heterocycles. The SMILES string of the molecule is Cc1ccc(-c2cc(CN)ccc2F)s1. The first-order chi connectivity index (χ1) is 7.20. The Morgan fingerprint density at radius 1 is 1.27 bits per heavy atom. The lowest BCUT2D eigenvalue weighted by atomic mass is 10.1. The summed E-state index contributed by atoms with van der Waals surface area (Å²) in [6.07, 6.45) is 0. The topological polar surface area (TPSA) is 26.0 Å². The second-order valence-corrected chi connectivity index (χ2v) is 4.72. The second-order valence-electron chi connectivity index (χ2n) is 3.43. The fourth-order valence-corrected chi connectivity index (χ4v) is 2.35. The summed E-state index contributed by atoms with van der Waals surface area (Å²) < 4.78 is 13.6. The summed E-state index contributed by atoms with van der Waals surface area (Å²) in [5, 5.41) is 0. The third-order valence-electron chi connectivity index (χ3n) is 2.27. The molecule has 1 nitrogen and oxygen atoms in total. The molecule has 78 valence electrons. The van der Waals surface area contributed by atoms with Gasteiger partial charge in [0.1, 0.15) is 5.82 Å². The molecule has 1 aromatic heterocycles. The van der Waals surface area contributed by atoms with Gasteiger partial charge in [-0.2, -0.15) is 0 Å². The first kappa shape index (κ1) is 10.3. The number of aryl methyl sites for hydroxylation is 1. The van der Waals surface area contributed by atoms with Gasteiger partial charge in [0.15, 0.2) is 0 Å². The van der Waals surface area contributed by atoms with E-state index >= 15 is 0 Å². The number of hydrogen-bond acceptors (Lipinski definition) is 2. The van der Waals surface area contributed by atoms with Crippen LogP contribution in [-0.4, -0.2) is 0 Å². The fourth-order valence-electron chi connectivity index (χ4n) is 1.47. The first-order valence-electron chi connectivity index (χ1n) is 4.76. The van der Waals surface area contributed by atoms with Crippen molar-refractivity contribution in [1.82, 2.24) is 0 Å². The van der Waals surface area contributed by atoms with E-state index in [-0.39, 0.29) is 5.82 Å². The third-order valence-corrected chi connectivity index (χ3v) is 3.31. The minimum absolute atomic E-state index is 0.186. The van der Waals surface area contributed by atoms with Gasteiger partial charge in [-0.05, 0) is 36.8 Å². The van der Waals surface area contributed by atoms with Gasteiger partial charge < -0.3 is 5.73 Å². The number of rotatable bonds is 2. The van der Waals surface area contributed by atoms with E-state index in [9.17, 15) is 4.39 Å². The van der Waals surface area contributed by atoms with Crippen molar-refractivity contribution in [3.8, 4) is 10.4 Å². The van der Waals surface area contributed by atoms with Crippen LogP contribution in [0.4, 0.5) is 4.39 Å². The normalized spacial score (nSPS) is 10.6. The van der Waals surface area contributed by atoms with Crippen LogP contribution in [0.15, 0.2) is 30.3 Å². The van der Waals surface area contributed by atoms with Crippen molar-refractivity contribution in [2.45, 2.75) is 13.5 Å². The molecule has 2 N–H and O–H groups in total. The van der Waals surface area contributed by atoms with Gasteiger partial charge in [-0.25, -0.2) is 4.39 Å². The minimum atomic E-state index is -0.186. The molecule has 2 rings (SSSR count). The number of thiophene rings is 1. The summed E-state index contributed by atoms with van der Waals surface area (Å²) in [4.78, 5) is 2.14. The van der Waals surface area contributed by atoms with Gasteiger partial charge in [-0.1, -0.05) is 6.07 Å². The van der Waals surface area contributed by atoms with E-state index in [1.807, 2.05) is 25.1 Å². The molecular weight excluding hydrogens is 209 g/mol. The molecule has 0 saturated heterocycles. The van der Waals surface area contributed by atoms with E-state index in [1.54, 1.807) is 17.4 Å². The minimum Gasteiger partial charge on any atom is -0.326 e. The first-order valence-corrected chi connectivity index (χ1v) is 5.57. The number of halogens is 1. The van der Waals surface area contributed by atoms with Crippen LogP contribution in [0.1, 0.15) is 10.4 Å². The van der Waals surface area contributed by atoms with Crippen LogP contribution in [-0.2, 0) is 6.54 Å². The average Bonchev–Trinajstić information content (AvgIpc) is 2.65. The Labute approximate surface area is 92.4 Å². The second kappa shape index (κ2) is 4.13. The standard InChI is InChI=1S/C12H12FNS/c1-8-2-5-12(15-8)10-6-9(7-14)3-4-11(10)13/h2-6H,7,14H2,1H3. The van der Waals surface area contributed by atoms with Crippen LogP contribution in [0.3, 0.4) is 0 Å². The largest absolute Gasteiger partial charge is 0.326 e. The number of benzene rings is 1. The lowest BCUT2D eigenvalue weighted by Gasteiger charge is -2.03. The maximum absolute atomic E-state index is 13.6. The van der Waals surface area contributed by atoms with E-state index in [0.717, 1.165) is 10.4 Å². The molecule has 0 amide bonds. The molecule has 3 heteroatoms. The lowest BCUT2D eigenvalue weighted by molar-refractivity contribution is 0.631. The monoisotopic (exact) mass is 221 g/mol. The van der Waals surface area contributed by atoms with Crippen molar-refractivity contribution >= 4 is 11.3 Å². The zero-order chi connectivity index (χ0) is 10.8. The molecule has 0 radical (unpaired) electrons. The summed E-state index contributed by atoms with van der Waals surface area (Å²) in [6, 6.07) is 8.96. The number of nitrogens with two attached hydrogens (primary N) is 1. The van der Waals surface area contributed by atoms with Gasteiger partial charge in [-0.3, -0.25) is 0 Å². The Kier molecular flexibility index (Phi) is 2.84. The summed E-state index contributed by atoms with van der Waals surface area (Å²) in [5.41, 5.74) is 7.14. The highest BCUT2D eigenvalue weighted by molar-refractivity contribution is 7.15. The summed E-state index contributed by atoms with van der Waals surface area (Å²) >= 11 is 1.59. The van der Waals surface area contributed by atoms with Crippen LogP contribution < -0.4 is 5.73 Å². The average molecular weight is 221 g/mol. The molecule has 0 fully saturated rings. The summed E-state index contributed by atoms with van der Waals surface area (Å²) in [5.74, 6) is -0.186. The molecule has 0 spiro atoms. The van der Waals surface area contributed by atoms with Crippen molar-refractivity contribution in [2.24, 2.45) is 5.73 Å². The van der Waals surface area contributed by atoms with Gasteiger partial charge in [0.25, 0.3) is 0 Å². The third kappa shape index (κ3) is 2.08. The molecule has 1 aromatic carbocycles. The van der Waals surface area contributed by atoms with Crippen LogP contribution in [0.5, 0.6) is 0 Å². The zero-order valence-corrected chi connectivity index (χ0v) is 9.27. The molecule has 0 atom stereocenters. The predicted octanol–water partition coefficient (Wildman–Crippen LogP) is 3.32. The highest BCUT2D eigenvalue weighted by atomic mass is 32.1. The zero-order valence-electron chi connectivity index (χ0n) is 8.46. The van der Waals surface area contributed by atoms with E-state index < -0.39 is 0 Å². The van der Waals surface area contributed by atoms with Crippen LogP contribution in [0, 0.1) is 12.7 Å². The molecule has 0 saturated carbocycles. The van der Waals surface area contributed by atoms with Crippen molar-refractivity contribution in [3.63, 3.8) is 0 Å². The fraction of sp³-hybridized carbons (Fsp3) is 0.167. The van der Waals surface area contributed by atoms with Crippen molar-refractivity contribution in [2.75, 3.05) is 0 Å². The predicted molar refractivity (Wildman–Crippen MR) is 62.3 cm³/mol. The molecule has 1 heterocycles. The summed E-state index contributed by atoms with van der Waals surface area (Å²) in [7, 11) is 0. The quantitative estimate of drug-likeness (QED) is 0.827. The van der Waals surface area contributed by atoms with E-state index in [2.05, 4.69) is 0 Å². The lowest BCUT2D eigenvalue weighted by Crippen LogP contribution is -1.96. The Morgan fingerprint density at radius 2 is 2.07 bits per heavy atom. The van der Waals surface area contributed by atoms with Crippen molar-refractivity contribution in [1.29, 1.82) is 0 Å². The van der Waals surface area contributed by atoms with Gasteiger partial charge >= 0.3 is 0 Å². The van der Waals surface area contributed by atoms with Crippen LogP contribution in [0.25, 0.3) is 10.4 Å². The van der Waals surface area contributed by atoms with E-state index in [4.69, 9.17) is 5.73 Å². The molecule has 0 aliphatic carbocycles. The highest BCUT2D eigenvalue weighted by Crippen LogP contribution is 2.30. The Morgan fingerprint density at radius 3 is 2.67 bits per heavy atom. The number of hydrogen-bond donors (Lipinski definition) is 1. The van der Waals surface area contributed by atoms with E-state index in [1.165, 1.54) is 10.9 Å². The highest BCUT2D eigenvalue weighted by Gasteiger charge is 2.07. The maximum Gasteiger partial charge on any atom is 0.131 e. The Balaban J connectivity index is 2.51. The summed E-state index contributed by atoms with van der Waals surface area (Å²) in [6.45, 7) is 2.45. The maximum atomic E-state index is 13.6. The van der Waals surface area contributed by atoms with Gasteiger partial charge in [-0.15, -0.1) is 11.3 Å². The molecule has 0 aliphatic rings.